The van der Waals surface area contributed by atoms with Crippen LogP contribution in [0.2, 0.25) is 0 Å². The molecule has 3 aromatic rings. The lowest BCUT2D eigenvalue weighted by Gasteiger charge is -2.36. The number of aryl methyl sites for hydroxylation is 1. The maximum atomic E-state index is 13.7. The highest BCUT2D eigenvalue weighted by Crippen LogP contribution is 2.31. The first-order valence-corrected chi connectivity index (χ1v) is 11.6. The monoisotopic (exact) mass is 439 g/mol. The average Bonchev–Trinajstić information content (AvgIpc) is 3.43. The van der Waals surface area contributed by atoms with Crippen molar-refractivity contribution in [2.24, 2.45) is 0 Å². The molecule has 1 aliphatic heterocycles. The number of hydrogen-bond donors (Lipinski definition) is 0. The van der Waals surface area contributed by atoms with E-state index in [4.69, 9.17) is 14.1 Å². The van der Waals surface area contributed by atoms with E-state index in [1.807, 2.05) is 55.1 Å². The zero-order valence-corrected chi connectivity index (χ0v) is 19.2. The van der Waals surface area contributed by atoms with Gasteiger partial charge in [0.25, 0.3) is 5.91 Å². The molecule has 0 unspecified atom stereocenters. The van der Waals surface area contributed by atoms with Gasteiger partial charge in [-0.2, -0.15) is 0 Å². The van der Waals surface area contributed by atoms with Crippen molar-refractivity contribution in [3.63, 3.8) is 0 Å². The van der Waals surface area contributed by atoms with Gasteiger partial charge < -0.3 is 19.0 Å². The molecule has 1 aromatic carbocycles. The lowest BCUT2D eigenvalue weighted by molar-refractivity contribution is 0.0554. The number of thiazole rings is 1. The van der Waals surface area contributed by atoms with Gasteiger partial charge in [0.15, 0.2) is 0 Å². The second kappa shape index (κ2) is 9.66. The van der Waals surface area contributed by atoms with Crippen molar-refractivity contribution in [2.75, 3.05) is 26.7 Å². The van der Waals surface area contributed by atoms with E-state index in [0.717, 1.165) is 53.7 Å². The molecule has 164 valence electrons. The molecule has 4 rings (SSSR count). The Bertz CT molecular complexity index is 990. The van der Waals surface area contributed by atoms with Crippen LogP contribution < -0.4 is 4.74 Å². The number of piperidine rings is 1. The van der Waals surface area contributed by atoms with Crippen molar-refractivity contribution < 1.29 is 13.9 Å². The highest BCUT2D eigenvalue weighted by molar-refractivity contribution is 7.17. The molecular formula is C24H29N3O3S. The first-order chi connectivity index (χ1) is 15.0. The molecule has 0 atom stereocenters. The Kier molecular flexibility index (Phi) is 6.73. The van der Waals surface area contributed by atoms with Crippen LogP contribution in [0.3, 0.4) is 0 Å². The molecule has 3 heterocycles. The Labute approximate surface area is 187 Å². The number of amides is 1. The molecule has 1 aliphatic rings. The molecule has 0 radical (unpaired) electrons. The Morgan fingerprint density at radius 2 is 2.00 bits per heavy atom. The van der Waals surface area contributed by atoms with Gasteiger partial charge in [-0.25, -0.2) is 4.98 Å². The SMILES string of the molecule is CCOc1ccc(-c2nc(C)c(C(=O)N(Cc3ccco3)C3CCN(C)CC3)s2)cc1. The summed E-state index contributed by atoms with van der Waals surface area (Å²) in [6, 6.07) is 11.9. The summed E-state index contributed by atoms with van der Waals surface area (Å²) in [5.74, 6) is 1.68. The van der Waals surface area contributed by atoms with Crippen LogP contribution in [0.5, 0.6) is 5.75 Å². The maximum absolute atomic E-state index is 13.7. The minimum absolute atomic E-state index is 0.0399. The van der Waals surface area contributed by atoms with E-state index in [-0.39, 0.29) is 11.9 Å². The zero-order valence-electron chi connectivity index (χ0n) is 18.3. The van der Waals surface area contributed by atoms with Crippen LogP contribution >= 0.6 is 11.3 Å². The van der Waals surface area contributed by atoms with E-state index >= 15 is 0 Å². The summed E-state index contributed by atoms with van der Waals surface area (Å²) in [6.07, 6.45) is 3.59. The largest absolute Gasteiger partial charge is 0.494 e. The van der Waals surface area contributed by atoms with Crippen molar-refractivity contribution in [2.45, 2.75) is 39.3 Å². The number of furan rings is 1. The Hall–Kier alpha value is -2.64. The number of carbonyl (C=O) groups excluding carboxylic acids is 1. The van der Waals surface area contributed by atoms with Gasteiger partial charge in [-0.15, -0.1) is 11.3 Å². The fraction of sp³-hybridized carbons (Fsp3) is 0.417. The van der Waals surface area contributed by atoms with Gasteiger partial charge >= 0.3 is 0 Å². The summed E-state index contributed by atoms with van der Waals surface area (Å²) < 4.78 is 11.1. The van der Waals surface area contributed by atoms with E-state index in [1.54, 1.807) is 6.26 Å². The van der Waals surface area contributed by atoms with Gasteiger partial charge in [0.1, 0.15) is 21.4 Å². The van der Waals surface area contributed by atoms with Crippen molar-refractivity contribution in [3.05, 3.63) is 59.0 Å². The van der Waals surface area contributed by atoms with Crippen molar-refractivity contribution in [1.29, 1.82) is 0 Å². The number of nitrogens with zero attached hydrogens (tertiary/aromatic N) is 3. The van der Waals surface area contributed by atoms with Crippen LogP contribution in [-0.4, -0.2) is 53.5 Å². The van der Waals surface area contributed by atoms with Crippen molar-refractivity contribution in [3.8, 4) is 16.3 Å². The number of hydrogen-bond acceptors (Lipinski definition) is 6. The summed E-state index contributed by atoms with van der Waals surface area (Å²) in [5, 5.41) is 0.852. The summed E-state index contributed by atoms with van der Waals surface area (Å²) in [7, 11) is 2.13. The van der Waals surface area contributed by atoms with Gasteiger partial charge in [-0.3, -0.25) is 4.79 Å². The first kappa shape index (κ1) is 21.6. The molecule has 31 heavy (non-hydrogen) atoms. The fourth-order valence-electron chi connectivity index (χ4n) is 3.95. The molecule has 2 aromatic heterocycles. The molecule has 1 saturated heterocycles. The third-order valence-electron chi connectivity index (χ3n) is 5.70. The highest BCUT2D eigenvalue weighted by Gasteiger charge is 2.30. The minimum atomic E-state index is 0.0399. The lowest BCUT2D eigenvalue weighted by Crippen LogP contribution is -2.46. The summed E-state index contributed by atoms with van der Waals surface area (Å²) in [6.45, 7) is 6.99. The van der Waals surface area contributed by atoms with Gasteiger partial charge in [-0.05, 0) is 83.2 Å². The van der Waals surface area contributed by atoms with Crippen molar-refractivity contribution >= 4 is 17.2 Å². The number of carbonyl (C=O) groups is 1. The number of benzene rings is 1. The van der Waals surface area contributed by atoms with Crippen LogP contribution in [0.4, 0.5) is 0 Å². The summed E-state index contributed by atoms with van der Waals surface area (Å²) >= 11 is 1.46. The summed E-state index contributed by atoms with van der Waals surface area (Å²) in [5.41, 5.74) is 1.77. The fourth-order valence-corrected chi connectivity index (χ4v) is 4.98. The van der Waals surface area contributed by atoms with Crippen LogP contribution in [-0.2, 0) is 6.54 Å². The molecule has 0 spiro atoms. The van der Waals surface area contributed by atoms with Gasteiger partial charge in [0, 0.05) is 11.6 Å². The number of aromatic nitrogens is 1. The topological polar surface area (TPSA) is 58.8 Å². The zero-order chi connectivity index (χ0) is 21.8. The normalized spacial score (nSPS) is 15.2. The third-order valence-corrected chi connectivity index (χ3v) is 6.89. The second-order valence-corrected chi connectivity index (χ2v) is 8.94. The van der Waals surface area contributed by atoms with Crippen LogP contribution in [0.25, 0.3) is 10.6 Å². The Morgan fingerprint density at radius 1 is 1.26 bits per heavy atom. The van der Waals surface area contributed by atoms with Gasteiger partial charge in [-0.1, -0.05) is 0 Å². The maximum Gasteiger partial charge on any atom is 0.266 e. The van der Waals surface area contributed by atoms with Crippen LogP contribution in [0, 0.1) is 6.92 Å². The van der Waals surface area contributed by atoms with E-state index in [0.29, 0.717) is 18.0 Å². The predicted octanol–water partition coefficient (Wildman–Crippen LogP) is 4.85. The quantitative estimate of drug-likeness (QED) is 0.527. The van der Waals surface area contributed by atoms with E-state index in [2.05, 4.69) is 11.9 Å². The second-order valence-electron chi connectivity index (χ2n) is 7.94. The number of rotatable bonds is 7. The molecular weight excluding hydrogens is 410 g/mol. The molecule has 0 N–H and O–H groups in total. The van der Waals surface area contributed by atoms with Crippen LogP contribution in [0.15, 0.2) is 47.1 Å². The molecule has 0 bridgehead atoms. The molecule has 1 amide bonds. The molecule has 6 nitrogen and oxygen atoms in total. The Balaban J connectivity index is 1.59. The standard InChI is InChI=1S/C24H29N3O3S/c1-4-29-20-9-7-18(8-10-20)23-25-17(2)22(31-23)24(28)27(16-21-6-5-15-30-21)19-11-13-26(3)14-12-19/h5-10,15,19H,4,11-14,16H2,1-3H3. The van der Waals surface area contributed by atoms with E-state index in [9.17, 15) is 4.79 Å². The molecule has 0 saturated carbocycles. The molecule has 1 fully saturated rings. The average molecular weight is 440 g/mol. The van der Waals surface area contributed by atoms with E-state index < -0.39 is 0 Å². The smallest absolute Gasteiger partial charge is 0.266 e. The van der Waals surface area contributed by atoms with E-state index in [1.165, 1.54) is 11.3 Å². The summed E-state index contributed by atoms with van der Waals surface area (Å²) in [4.78, 5) is 23.4. The molecule has 0 aliphatic carbocycles. The molecule has 7 heteroatoms. The van der Waals surface area contributed by atoms with Crippen LogP contribution in [0.1, 0.15) is 40.9 Å². The number of ether oxygens (including phenoxy) is 1. The third kappa shape index (κ3) is 4.99. The first-order valence-electron chi connectivity index (χ1n) is 10.8. The number of likely N-dealkylation sites (tertiary alicyclic amines) is 1. The predicted molar refractivity (Wildman–Crippen MR) is 123 cm³/mol. The lowest BCUT2D eigenvalue weighted by atomic mass is 10.0. The minimum Gasteiger partial charge on any atom is -0.494 e. The van der Waals surface area contributed by atoms with Gasteiger partial charge in [0.2, 0.25) is 0 Å². The Morgan fingerprint density at radius 3 is 2.65 bits per heavy atom. The highest BCUT2D eigenvalue weighted by atomic mass is 32.1. The van der Waals surface area contributed by atoms with Crippen molar-refractivity contribution in [1.82, 2.24) is 14.8 Å². The van der Waals surface area contributed by atoms with Gasteiger partial charge in [0.05, 0.1) is 25.1 Å².